The zero-order chi connectivity index (χ0) is 30.5. The van der Waals surface area contributed by atoms with Gasteiger partial charge in [0.2, 0.25) is 11.8 Å². The monoisotopic (exact) mass is 588 g/mol. The van der Waals surface area contributed by atoms with Crippen molar-refractivity contribution in [1.82, 2.24) is 30.2 Å². The van der Waals surface area contributed by atoms with Crippen molar-refractivity contribution in [2.75, 3.05) is 26.2 Å². The molecule has 10 nitrogen and oxygen atoms in total. The molecule has 2 aliphatic heterocycles. The van der Waals surface area contributed by atoms with Crippen LogP contribution in [-0.4, -0.2) is 81.5 Å². The number of amides is 4. The van der Waals surface area contributed by atoms with Gasteiger partial charge in [-0.15, -0.1) is 0 Å². The van der Waals surface area contributed by atoms with Crippen LogP contribution in [0.5, 0.6) is 0 Å². The summed E-state index contributed by atoms with van der Waals surface area (Å²) >= 11 is 0. The largest absolute Gasteiger partial charge is 0.355 e. The minimum atomic E-state index is -0.759. The number of hydrogen-bond acceptors (Lipinski definition) is 5. The number of benzene rings is 2. The first-order chi connectivity index (χ1) is 20.7. The van der Waals surface area contributed by atoms with Crippen LogP contribution in [0.25, 0.3) is 5.69 Å². The molecule has 3 aromatic rings. The summed E-state index contributed by atoms with van der Waals surface area (Å²) in [6.45, 7) is 4.42. The summed E-state index contributed by atoms with van der Waals surface area (Å²) in [5, 5.41) is 10.2. The number of carbonyl (C=O) groups excluding carboxylic acids is 4. The van der Waals surface area contributed by atoms with E-state index in [9.17, 15) is 23.6 Å². The molecular weight excluding hydrogens is 551 g/mol. The predicted octanol–water partition coefficient (Wildman–Crippen LogP) is 2.96. The van der Waals surface area contributed by atoms with Crippen molar-refractivity contribution in [2.24, 2.45) is 5.92 Å². The van der Waals surface area contributed by atoms with E-state index in [-0.39, 0.29) is 42.3 Å². The van der Waals surface area contributed by atoms with Crippen LogP contribution in [0.4, 0.5) is 4.39 Å². The van der Waals surface area contributed by atoms with E-state index >= 15 is 0 Å². The first-order valence-corrected chi connectivity index (χ1v) is 14.8. The Labute approximate surface area is 250 Å². The quantitative estimate of drug-likeness (QED) is 0.488. The van der Waals surface area contributed by atoms with Gasteiger partial charge in [0.05, 0.1) is 17.8 Å². The lowest BCUT2D eigenvalue weighted by Gasteiger charge is -2.32. The van der Waals surface area contributed by atoms with Gasteiger partial charge in [0.1, 0.15) is 11.9 Å². The molecule has 0 spiro atoms. The summed E-state index contributed by atoms with van der Waals surface area (Å²) in [5.74, 6) is -2.28. The summed E-state index contributed by atoms with van der Waals surface area (Å²) in [4.78, 5) is 56.9. The standard InChI is InChI=1S/C32H37FN6O4/c1-21(2)27-19-37(31(42)23-8-3-9-24(18-23)39-16-6-14-35-39)20-29(40)34-13-4-7-22-11-12-26(33)25(17-22)32(43)38-15-5-10-28(38)30(41)36-27/h3,6,8-9,11-12,14,16-18,21,27-28H,4-5,7,10,13,15,19-20H2,1-2H3,(H,34,40)(H,36,41)/t27-,28-/m0/s1. The molecule has 3 heterocycles. The number of aromatic nitrogens is 2. The van der Waals surface area contributed by atoms with Gasteiger partial charge in [-0.1, -0.05) is 26.0 Å². The van der Waals surface area contributed by atoms with Crippen molar-refractivity contribution in [3.05, 3.63) is 83.4 Å². The first kappa shape index (κ1) is 29.9. The van der Waals surface area contributed by atoms with E-state index in [0.717, 1.165) is 5.56 Å². The second kappa shape index (κ2) is 13.2. The molecular formula is C32H37FN6O4. The Morgan fingerprint density at radius 1 is 1.07 bits per heavy atom. The van der Waals surface area contributed by atoms with E-state index in [1.807, 2.05) is 19.9 Å². The zero-order valence-electron chi connectivity index (χ0n) is 24.5. The van der Waals surface area contributed by atoms with Crippen molar-refractivity contribution in [3.8, 4) is 5.69 Å². The second-order valence-corrected chi connectivity index (χ2v) is 11.5. The highest BCUT2D eigenvalue weighted by atomic mass is 19.1. The molecule has 1 fully saturated rings. The molecule has 2 aromatic carbocycles. The van der Waals surface area contributed by atoms with E-state index in [4.69, 9.17) is 0 Å². The van der Waals surface area contributed by atoms with Crippen LogP contribution in [0, 0.1) is 11.7 Å². The first-order valence-electron chi connectivity index (χ1n) is 14.8. The van der Waals surface area contributed by atoms with Gasteiger partial charge in [0.15, 0.2) is 0 Å². The van der Waals surface area contributed by atoms with E-state index in [1.54, 1.807) is 53.5 Å². The Morgan fingerprint density at radius 2 is 1.91 bits per heavy atom. The van der Waals surface area contributed by atoms with Crippen LogP contribution < -0.4 is 10.6 Å². The summed E-state index contributed by atoms with van der Waals surface area (Å²) < 4.78 is 16.4. The van der Waals surface area contributed by atoms with E-state index < -0.39 is 23.8 Å². The molecule has 226 valence electrons. The molecule has 43 heavy (non-hydrogen) atoms. The molecule has 0 saturated carbocycles. The van der Waals surface area contributed by atoms with Crippen LogP contribution >= 0.6 is 0 Å². The smallest absolute Gasteiger partial charge is 0.257 e. The topological polar surface area (TPSA) is 117 Å². The average Bonchev–Trinajstić information content (AvgIpc) is 3.71. The van der Waals surface area contributed by atoms with Gasteiger partial charge < -0.3 is 20.4 Å². The lowest BCUT2D eigenvalue weighted by molar-refractivity contribution is -0.126. The average molecular weight is 589 g/mol. The SMILES string of the molecule is CC(C)[C@@H]1CN(C(=O)c2cccc(-n3cccn3)c2)CC(=O)NCCCc2ccc(F)c(c2)C(=O)N2CCC[C@H]2C(=O)N1. The van der Waals surface area contributed by atoms with Crippen LogP contribution in [0.3, 0.4) is 0 Å². The second-order valence-electron chi connectivity index (χ2n) is 11.5. The number of hydrogen-bond donors (Lipinski definition) is 2. The highest BCUT2D eigenvalue weighted by molar-refractivity contribution is 5.99. The molecule has 5 rings (SSSR count). The molecule has 2 N–H and O–H groups in total. The molecule has 2 bridgehead atoms. The van der Waals surface area contributed by atoms with Gasteiger partial charge in [0, 0.05) is 43.6 Å². The molecule has 2 atom stereocenters. The van der Waals surface area contributed by atoms with Gasteiger partial charge in [-0.3, -0.25) is 19.2 Å². The Balaban J connectivity index is 1.44. The van der Waals surface area contributed by atoms with Gasteiger partial charge in [-0.05, 0) is 73.6 Å². The molecule has 11 heteroatoms. The fraction of sp³-hybridized carbons (Fsp3) is 0.406. The zero-order valence-corrected chi connectivity index (χ0v) is 24.5. The van der Waals surface area contributed by atoms with Gasteiger partial charge in [-0.25, -0.2) is 9.07 Å². The Hall–Kier alpha value is -4.54. The maximum Gasteiger partial charge on any atom is 0.257 e. The molecule has 1 saturated heterocycles. The highest BCUT2D eigenvalue weighted by Crippen LogP contribution is 2.24. The van der Waals surface area contributed by atoms with E-state index in [0.29, 0.717) is 50.0 Å². The number of nitrogens with zero attached hydrogens (tertiary/aromatic N) is 4. The van der Waals surface area contributed by atoms with Crippen LogP contribution in [0.2, 0.25) is 0 Å². The maximum absolute atomic E-state index is 14.8. The van der Waals surface area contributed by atoms with Crippen LogP contribution in [0.15, 0.2) is 60.9 Å². The lowest BCUT2D eigenvalue weighted by atomic mass is 10.0. The number of carbonyl (C=O) groups is 4. The number of halogens is 1. The minimum Gasteiger partial charge on any atom is -0.355 e. The molecule has 4 amide bonds. The molecule has 0 unspecified atom stereocenters. The van der Waals surface area contributed by atoms with Crippen LogP contribution in [0.1, 0.15) is 59.4 Å². The molecule has 2 aliphatic rings. The van der Waals surface area contributed by atoms with Gasteiger partial charge >= 0.3 is 0 Å². The summed E-state index contributed by atoms with van der Waals surface area (Å²) in [5.41, 5.74) is 1.79. The third kappa shape index (κ3) is 6.93. The molecule has 0 aliphatic carbocycles. The van der Waals surface area contributed by atoms with Gasteiger partial charge in [-0.2, -0.15) is 5.10 Å². The lowest BCUT2D eigenvalue weighted by Crippen LogP contribution is -2.54. The fourth-order valence-corrected chi connectivity index (χ4v) is 5.62. The van der Waals surface area contributed by atoms with Crippen molar-refractivity contribution >= 4 is 23.6 Å². The number of rotatable bonds is 3. The molecule has 1 aromatic heterocycles. The minimum absolute atomic E-state index is 0.0555. The fourth-order valence-electron chi connectivity index (χ4n) is 5.62. The highest BCUT2D eigenvalue weighted by Gasteiger charge is 2.37. The Bertz CT molecular complexity index is 1490. The number of nitrogens with one attached hydrogen (secondary N) is 2. The van der Waals surface area contributed by atoms with Crippen molar-refractivity contribution in [2.45, 2.75) is 51.6 Å². The summed E-state index contributed by atoms with van der Waals surface area (Å²) in [6.07, 6.45) is 5.57. The Morgan fingerprint density at radius 3 is 2.67 bits per heavy atom. The number of fused-ring (bicyclic) bond motifs is 3. The summed E-state index contributed by atoms with van der Waals surface area (Å²) in [6, 6.07) is 12.0. The Kier molecular flexibility index (Phi) is 9.18. The van der Waals surface area contributed by atoms with E-state index in [1.165, 1.54) is 15.9 Å². The third-order valence-electron chi connectivity index (χ3n) is 8.08. The van der Waals surface area contributed by atoms with Crippen LogP contribution in [-0.2, 0) is 16.0 Å². The summed E-state index contributed by atoms with van der Waals surface area (Å²) in [7, 11) is 0. The molecule has 0 radical (unpaired) electrons. The maximum atomic E-state index is 14.8. The van der Waals surface area contributed by atoms with Crippen molar-refractivity contribution in [3.63, 3.8) is 0 Å². The predicted molar refractivity (Wildman–Crippen MR) is 158 cm³/mol. The number of aryl methyl sites for hydroxylation is 1. The van der Waals surface area contributed by atoms with Gasteiger partial charge in [0.25, 0.3) is 11.8 Å². The third-order valence-corrected chi connectivity index (χ3v) is 8.08. The van der Waals surface area contributed by atoms with Crippen molar-refractivity contribution < 1.29 is 23.6 Å². The van der Waals surface area contributed by atoms with Crippen molar-refractivity contribution in [1.29, 1.82) is 0 Å². The van der Waals surface area contributed by atoms with E-state index in [2.05, 4.69) is 15.7 Å². The normalized spacial score (nSPS) is 20.4.